The van der Waals surface area contributed by atoms with Crippen LogP contribution < -0.4 is 0 Å². The van der Waals surface area contributed by atoms with E-state index in [1.54, 1.807) is 0 Å². The first kappa shape index (κ1) is 26.9. The van der Waals surface area contributed by atoms with E-state index in [2.05, 4.69) is 30.3 Å². The molecule has 2 rings (SSSR count). The molecule has 0 saturated carbocycles. The lowest BCUT2D eigenvalue weighted by Crippen LogP contribution is -2.45. The van der Waals surface area contributed by atoms with Crippen LogP contribution in [0.5, 0.6) is 0 Å². The molecule has 6 atom stereocenters. The van der Waals surface area contributed by atoms with Gasteiger partial charge in [0.25, 0.3) is 0 Å². The molecule has 1 saturated heterocycles. The maximum absolute atomic E-state index is 15.1. The number of aliphatic hydroxyl groups excluding tert-OH is 1. The summed E-state index contributed by atoms with van der Waals surface area (Å²) in [5, 5.41) is 9.99. The Kier molecular flexibility index (Phi) is 7.91. The highest BCUT2D eigenvalue weighted by Gasteiger charge is 2.61. The number of phosphoric acid groups is 3. The first-order chi connectivity index (χ1) is 13.9. The molecule has 1 aromatic rings. The number of aliphatic hydroxyl groups is 1. The SMILES string of the molecule is O=P(O)(O)OP(=O)(O)OP(=O)(O)O[C@H]1O[C@@H](n2cc(F)c(=S)[nH]c2=S)C(F)(CF)[C@H]1O. The van der Waals surface area contributed by atoms with Crippen molar-refractivity contribution in [3.8, 4) is 0 Å². The van der Waals surface area contributed by atoms with Crippen LogP contribution in [0.15, 0.2) is 6.20 Å². The zero-order valence-corrected chi connectivity index (χ0v) is 18.7. The lowest BCUT2D eigenvalue weighted by Gasteiger charge is -2.26. The number of H-pyrrole nitrogens is 1. The number of nitrogens with one attached hydrogen (secondary N) is 1. The molecular formula is C9H12F3N2O12P3S2. The van der Waals surface area contributed by atoms with Gasteiger partial charge in [0.15, 0.2) is 16.8 Å². The summed E-state index contributed by atoms with van der Waals surface area (Å²) in [7, 11) is -17.5. The lowest BCUT2D eigenvalue weighted by molar-refractivity contribution is -0.135. The van der Waals surface area contributed by atoms with E-state index in [4.69, 9.17) is 31.6 Å². The Bertz CT molecular complexity index is 1110. The molecule has 6 N–H and O–H groups in total. The number of hydrogen-bond acceptors (Lipinski definition) is 10. The molecule has 1 aliphatic rings. The Morgan fingerprint density at radius 2 is 1.77 bits per heavy atom. The van der Waals surface area contributed by atoms with Crippen molar-refractivity contribution in [3.63, 3.8) is 0 Å². The van der Waals surface area contributed by atoms with Crippen molar-refractivity contribution in [2.45, 2.75) is 24.3 Å². The first-order valence-corrected chi connectivity index (χ1v) is 12.7. The highest BCUT2D eigenvalue weighted by molar-refractivity contribution is 7.72. The normalized spacial score (nSPS) is 30.6. The quantitative estimate of drug-likeness (QED) is 0.199. The molecule has 0 aliphatic carbocycles. The van der Waals surface area contributed by atoms with Crippen LogP contribution in [0, 0.1) is 15.2 Å². The van der Waals surface area contributed by atoms with Crippen LogP contribution in [0.25, 0.3) is 0 Å². The third-order valence-electron chi connectivity index (χ3n) is 3.46. The van der Waals surface area contributed by atoms with Crippen LogP contribution in [0.3, 0.4) is 0 Å². The largest absolute Gasteiger partial charge is 0.490 e. The van der Waals surface area contributed by atoms with Gasteiger partial charge in [0.05, 0.1) is 0 Å². The fourth-order valence-electron chi connectivity index (χ4n) is 2.28. The molecule has 0 aromatic carbocycles. The second-order valence-corrected chi connectivity index (χ2v) is 10.9. The van der Waals surface area contributed by atoms with E-state index >= 15 is 4.39 Å². The predicted molar refractivity (Wildman–Crippen MR) is 95.1 cm³/mol. The zero-order chi connectivity index (χ0) is 24.0. The summed E-state index contributed by atoms with van der Waals surface area (Å²) in [4.78, 5) is 37.6. The molecule has 2 heterocycles. The number of phosphoric ester groups is 1. The summed E-state index contributed by atoms with van der Waals surface area (Å²) in [6.07, 6.45) is -7.14. The zero-order valence-electron chi connectivity index (χ0n) is 14.3. The van der Waals surface area contributed by atoms with Gasteiger partial charge in [-0.15, -0.1) is 0 Å². The fraction of sp³-hybridized carbons (Fsp3) is 0.556. The van der Waals surface area contributed by atoms with Crippen LogP contribution in [0.2, 0.25) is 0 Å². The number of halogens is 3. The van der Waals surface area contributed by atoms with E-state index in [1.807, 2.05) is 0 Å². The number of alkyl halides is 2. The average Bonchev–Trinajstić information content (AvgIpc) is 2.79. The van der Waals surface area contributed by atoms with Crippen LogP contribution in [-0.4, -0.2) is 59.0 Å². The van der Waals surface area contributed by atoms with E-state index in [-0.39, 0.29) is 0 Å². The number of rotatable bonds is 8. The van der Waals surface area contributed by atoms with Gasteiger partial charge in [-0.05, 0) is 12.2 Å². The van der Waals surface area contributed by atoms with Crippen molar-refractivity contribution in [2.75, 3.05) is 6.67 Å². The summed E-state index contributed by atoms with van der Waals surface area (Å²) < 4.78 is 91.3. The minimum absolute atomic E-state index is 0.434. The Morgan fingerprint density at radius 3 is 2.29 bits per heavy atom. The molecule has 1 fully saturated rings. The van der Waals surface area contributed by atoms with E-state index in [0.717, 1.165) is 0 Å². The van der Waals surface area contributed by atoms with Crippen LogP contribution in [0.4, 0.5) is 13.2 Å². The van der Waals surface area contributed by atoms with Gasteiger partial charge in [-0.25, -0.2) is 26.9 Å². The molecular weight excluding hydrogens is 542 g/mol. The van der Waals surface area contributed by atoms with Crippen molar-refractivity contribution in [1.82, 2.24) is 9.55 Å². The Hall–Kier alpha value is -0.360. The minimum atomic E-state index is -5.94. The summed E-state index contributed by atoms with van der Waals surface area (Å²) in [6.45, 7) is -2.02. The first-order valence-electron chi connectivity index (χ1n) is 7.32. The molecule has 0 bridgehead atoms. The summed E-state index contributed by atoms with van der Waals surface area (Å²) in [6, 6.07) is 0. The smallest absolute Gasteiger partial charge is 0.384 e. The Labute approximate surface area is 179 Å². The Morgan fingerprint density at radius 1 is 1.19 bits per heavy atom. The summed E-state index contributed by atoms with van der Waals surface area (Å²) >= 11 is 9.36. The van der Waals surface area contributed by atoms with Crippen molar-refractivity contribution < 1.29 is 69.4 Å². The number of nitrogens with zero attached hydrogens (tertiary/aromatic N) is 1. The second-order valence-electron chi connectivity index (χ2n) is 5.70. The van der Waals surface area contributed by atoms with E-state index in [1.165, 1.54) is 0 Å². The molecule has 0 spiro atoms. The lowest BCUT2D eigenvalue weighted by atomic mass is 10.0. The molecule has 1 aliphatic heterocycles. The van der Waals surface area contributed by atoms with Crippen LogP contribution in [0.1, 0.15) is 6.23 Å². The van der Waals surface area contributed by atoms with Crippen LogP contribution >= 0.6 is 47.9 Å². The number of ether oxygens (including phenoxy) is 1. The van der Waals surface area contributed by atoms with Gasteiger partial charge in [0.1, 0.15) is 17.4 Å². The van der Waals surface area contributed by atoms with Gasteiger partial charge in [-0.2, -0.15) is 8.62 Å². The second kappa shape index (κ2) is 9.12. The molecule has 0 amide bonds. The highest BCUT2D eigenvalue weighted by atomic mass is 32.1. The van der Waals surface area contributed by atoms with Crippen molar-refractivity contribution in [2.24, 2.45) is 0 Å². The standard InChI is InChI=1S/C9H12F3N2O12P3S2/c10-2-9(12)4(15)6(23-7(9)14-1-3(11)5(30)13-8(14)31)24-28(19,20)26-29(21,22)25-27(16,17)18/h1,4,6-7,15H,2H2,(H,19,20)(H,21,22)(H,13,30,31)(H2,16,17,18)/t4-,6+,7+,9?/m0/s1. The summed E-state index contributed by atoms with van der Waals surface area (Å²) in [5.74, 6) is -1.17. The molecule has 3 unspecified atom stereocenters. The van der Waals surface area contributed by atoms with Gasteiger partial charge >= 0.3 is 23.5 Å². The number of hydrogen-bond donors (Lipinski definition) is 6. The molecule has 31 heavy (non-hydrogen) atoms. The maximum Gasteiger partial charge on any atom is 0.490 e. The van der Waals surface area contributed by atoms with Gasteiger partial charge < -0.3 is 34.4 Å². The topological polar surface area (TPSA) is 210 Å². The Balaban J connectivity index is 2.33. The van der Waals surface area contributed by atoms with Crippen molar-refractivity contribution in [1.29, 1.82) is 0 Å². The van der Waals surface area contributed by atoms with E-state index in [9.17, 15) is 32.5 Å². The minimum Gasteiger partial charge on any atom is -0.384 e. The monoisotopic (exact) mass is 554 g/mol. The number of aromatic nitrogens is 2. The van der Waals surface area contributed by atoms with Crippen LogP contribution in [-0.2, 0) is 31.6 Å². The third-order valence-corrected chi connectivity index (χ3v) is 7.87. The highest BCUT2D eigenvalue weighted by Crippen LogP contribution is 2.67. The van der Waals surface area contributed by atoms with Crippen molar-refractivity contribution in [3.05, 3.63) is 21.4 Å². The van der Waals surface area contributed by atoms with Crippen molar-refractivity contribution >= 4 is 47.9 Å². The fourth-order valence-corrected chi connectivity index (χ4v) is 5.83. The van der Waals surface area contributed by atoms with Gasteiger partial charge in [-0.1, -0.05) is 12.2 Å². The van der Waals surface area contributed by atoms with Gasteiger partial charge in [0, 0.05) is 6.20 Å². The van der Waals surface area contributed by atoms with E-state index < -0.39 is 69.7 Å². The third kappa shape index (κ3) is 6.37. The average molecular weight is 554 g/mol. The van der Waals surface area contributed by atoms with Gasteiger partial charge in [0.2, 0.25) is 12.0 Å². The maximum atomic E-state index is 15.1. The summed E-state index contributed by atoms with van der Waals surface area (Å²) in [5.41, 5.74) is -3.46. The molecule has 1 aromatic heterocycles. The molecule has 14 nitrogen and oxygen atoms in total. The number of aromatic amines is 1. The van der Waals surface area contributed by atoms with E-state index in [0.29, 0.717) is 10.8 Å². The molecule has 22 heteroatoms. The van der Waals surface area contributed by atoms with Gasteiger partial charge in [-0.3, -0.25) is 9.09 Å². The molecule has 0 radical (unpaired) electrons. The predicted octanol–water partition coefficient (Wildman–Crippen LogP) is 1.65. The molecule has 178 valence electrons.